The SMILES string of the molecule is Cc1cc(C)n([C@@H](C)C(=O)NC[C@H](O)COc2ccc(F)cc2)n1. The van der Waals surface area contributed by atoms with Crippen molar-refractivity contribution in [2.24, 2.45) is 0 Å². The summed E-state index contributed by atoms with van der Waals surface area (Å²) in [6, 6.07) is 6.94. The largest absolute Gasteiger partial charge is 0.491 e. The second kappa shape index (κ2) is 7.92. The fourth-order valence-corrected chi connectivity index (χ4v) is 2.30. The second-order valence-corrected chi connectivity index (χ2v) is 5.71. The van der Waals surface area contributed by atoms with Crippen LogP contribution in [0.2, 0.25) is 0 Å². The number of benzene rings is 1. The summed E-state index contributed by atoms with van der Waals surface area (Å²) in [6.07, 6.45) is -0.869. The van der Waals surface area contributed by atoms with Crippen molar-refractivity contribution in [2.75, 3.05) is 13.2 Å². The minimum atomic E-state index is -0.869. The number of aliphatic hydroxyl groups excluding tert-OH is 1. The Morgan fingerprint density at radius 3 is 2.62 bits per heavy atom. The van der Waals surface area contributed by atoms with Gasteiger partial charge in [0.2, 0.25) is 5.91 Å². The predicted molar refractivity (Wildman–Crippen MR) is 87.3 cm³/mol. The Morgan fingerprint density at radius 1 is 1.38 bits per heavy atom. The minimum Gasteiger partial charge on any atom is -0.491 e. The maximum absolute atomic E-state index is 12.8. The van der Waals surface area contributed by atoms with Crippen LogP contribution in [0.25, 0.3) is 0 Å². The van der Waals surface area contributed by atoms with Crippen LogP contribution >= 0.6 is 0 Å². The molecule has 0 radical (unpaired) electrons. The number of amides is 1. The molecule has 0 aliphatic carbocycles. The fraction of sp³-hybridized carbons (Fsp3) is 0.412. The van der Waals surface area contributed by atoms with E-state index in [1.54, 1.807) is 11.6 Å². The van der Waals surface area contributed by atoms with Crippen LogP contribution in [-0.4, -0.2) is 40.0 Å². The number of aryl methyl sites for hydroxylation is 2. The molecule has 6 nitrogen and oxygen atoms in total. The molecular weight excluding hydrogens is 313 g/mol. The Hall–Kier alpha value is -2.41. The van der Waals surface area contributed by atoms with Crippen molar-refractivity contribution in [2.45, 2.75) is 32.9 Å². The van der Waals surface area contributed by atoms with Gasteiger partial charge < -0.3 is 15.2 Å². The van der Waals surface area contributed by atoms with Gasteiger partial charge in [-0.05, 0) is 51.1 Å². The van der Waals surface area contributed by atoms with E-state index in [1.165, 1.54) is 24.3 Å². The molecular formula is C17H22FN3O3. The van der Waals surface area contributed by atoms with E-state index in [2.05, 4.69) is 10.4 Å². The lowest BCUT2D eigenvalue weighted by atomic mass is 10.3. The van der Waals surface area contributed by atoms with Crippen LogP contribution < -0.4 is 10.1 Å². The fourth-order valence-electron chi connectivity index (χ4n) is 2.30. The molecule has 2 rings (SSSR count). The van der Waals surface area contributed by atoms with Crippen LogP contribution in [0.15, 0.2) is 30.3 Å². The molecule has 2 atom stereocenters. The lowest BCUT2D eigenvalue weighted by molar-refractivity contribution is -0.124. The van der Waals surface area contributed by atoms with E-state index in [0.717, 1.165) is 11.4 Å². The highest BCUT2D eigenvalue weighted by Gasteiger charge is 2.18. The van der Waals surface area contributed by atoms with Crippen LogP contribution in [0.1, 0.15) is 24.4 Å². The quantitative estimate of drug-likeness (QED) is 0.808. The summed E-state index contributed by atoms with van der Waals surface area (Å²) < 4.78 is 19.8. The first-order valence-corrected chi connectivity index (χ1v) is 7.73. The number of carbonyl (C=O) groups excluding carboxylic acids is 1. The van der Waals surface area contributed by atoms with Crippen molar-refractivity contribution >= 4 is 5.91 Å². The van der Waals surface area contributed by atoms with Gasteiger partial charge in [-0.15, -0.1) is 0 Å². The van der Waals surface area contributed by atoms with Crippen molar-refractivity contribution in [1.82, 2.24) is 15.1 Å². The summed E-state index contributed by atoms with van der Waals surface area (Å²) in [5.41, 5.74) is 1.75. The summed E-state index contributed by atoms with van der Waals surface area (Å²) >= 11 is 0. The van der Waals surface area contributed by atoms with Gasteiger partial charge in [0, 0.05) is 12.2 Å². The average molecular weight is 335 g/mol. The van der Waals surface area contributed by atoms with Gasteiger partial charge in [0.15, 0.2) is 0 Å². The molecule has 1 amide bonds. The summed E-state index contributed by atoms with van der Waals surface area (Å²) in [4.78, 5) is 12.2. The van der Waals surface area contributed by atoms with E-state index in [9.17, 15) is 14.3 Å². The van der Waals surface area contributed by atoms with Gasteiger partial charge in [0.25, 0.3) is 0 Å². The van der Waals surface area contributed by atoms with Crippen molar-refractivity contribution in [3.05, 3.63) is 47.5 Å². The Kier molecular flexibility index (Phi) is 5.92. The topological polar surface area (TPSA) is 76.4 Å². The number of ether oxygens (including phenoxy) is 1. The number of carbonyl (C=O) groups is 1. The molecule has 1 aromatic carbocycles. The Bertz CT molecular complexity index is 685. The first-order valence-electron chi connectivity index (χ1n) is 7.73. The molecule has 2 aromatic rings. The number of aliphatic hydroxyl groups is 1. The van der Waals surface area contributed by atoms with Gasteiger partial charge in [-0.2, -0.15) is 5.10 Å². The zero-order valence-corrected chi connectivity index (χ0v) is 14.0. The number of nitrogens with one attached hydrogen (secondary N) is 1. The lowest BCUT2D eigenvalue weighted by Crippen LogP contribution is -2.39. The van der Waals surface area contributed by atoms with Gasteiger partial charge in [-0.1, -0.05) is 0 Å². The molecule has 0 bridgehead atoms. The predicted octanol–water partition coefficient (Wildman–Crippen LogP) is 1.76. The number of aromatic nitrogens is 2. The Balaban J connectivity index is 1.78. The van der Waals surface area contributed by atoms with Gasteiger partial charge in [0.1, 0.15) is 30.3 Å². The van der Waals surface area contributed by atoms with Crippen LogP contribution in [0.5, 0.6) is 5.75 Å². The van der Waals surface area contributed by atoms with E-state index < -0.39 is 12.1 Å². The zero-order valence-electron chi connectivity index (χ0n) is 14.0. The van der Waals surface area contributed by atoms with Gasteiger partial charge in [-0.3, -0.25) is 9.48 Å². The normalized spacial score (nSPS) is 13.4. The summed E-state index contributed by atoms with van der Waals surface area (Å²) in [5, 5.41) is 16.8. The molecule has 0 spiro atoms. The van der Waals surface area contributed by atoms with Gasteiger partial charge >= 0.3 is 0 Å². The molecule has 7 heteroatoms. The van der Waals surface area contributed by atoms with Crippen molar-refractivity contribution in [3.63, 3.8) is 0 Å². The minimum absolute atomic E-state index is 0.000198. The Labute approximate surface area is 140 Å². The highest BCUT2D eigenvalue weighted by atomic mass is 19.1. The van der Waals surface area contributed by atoms with Crippen LogP contribution in [-0.2, 0) is 4.79 Å². The highest BCUT2D eigenvalue weighted by molar-refractivity contribution is 5.79. The zero-order chi connectivity index (χ0) is 17.7. The number of nitrogens with zero attached hydrogens (tertiary/aromatic N) is 2. The average Bonchev–Trinajstić information content (AvgIpc) is 2.89. The van der Waals surface area contributed by atoms with E-state index in [-0.39, 0.29) is 24.9 Å². The monoisotopic (exact) mass is 335 g/mol. The molecule has 0 aliphatic rings. The summed E-state index contributed by atoms with van der Waals surface area (Å²) in [6.45, 7) is 5.56. The summed E-state index contributed by atoms with van der Waals surface area (Å²) in [5.74, 6) is -0.131. The van der Waals surface area contributed by atoms with Crippen LogP contribution in [0.4, 0.5) is 4.39 Å². The summed E-state index contributed by atoms with van der Waals surface area (Å²) in [7, 11) is 0. The molecule has 1 heterocycles. The van der Waals surface area contributed by atoms with Gasteiger partial charge in [-0.25, -0.2) is 4.39 Å². The first-order chi connectivity index (χ1) is 11.4. The number of halogens is 1. The van der Waals surface area contributed by atoms with E-state index >= 15 is 0 Å². The van der Waals surface area contributed by atoms with E-state index in [4.69, 9.17) is 4.74 Å². The molecule has 1 aromatic heterocycles. The standard InChI is InChI=1S/C17H22FN3O3/c1-11-8-12(2)21(20-11)13(3)17(23)19-9-15(22)10-24-16-6-4-14(18)5-7-16/h4-8,13,15,22H,9-10H2,1-3H3,(H,19,23)/t13-,15-/m0/s1. The number of hydrogen-bond donors (Lipinski definition) is 2. The van der Waals surface area contributed by atoms with Crippen LogP contribution in [0, 0.1) is 19.7 Å². The molecule has 130 valence electrons. The van der Waals surface area contributed by atoms with Crippen molar-refractivity contribution in [1.29, 1.82) is 0 Å². The van der Waals surface area contributed by atoms with Crippen LogP contribution in [0.3, 0.4) is 0 Å². The van der Waals surface area contributed by atoms with Crippen molar-refractivity contribution < 1.29 is 19.0 Å². The maximum atomic E-state index is 12.8. The van der Waals surface area contributed by atoms with E-state index in [1.807, 2.05) is 19.9 Å². The second-order valence-electron chi connectivity index (χ2n) is 5.71. The molecule has 24 heavy (non-hydrogen) atoms. The van der Waals surface area contributed by atoms with Crippen molar-refractivity contribution in [3.8, 4) is 5.75 Å². The number of hydrogen-bond acceptors (Lipinski definition) is 4. The molecule has 0 saturated carbocycles. The molecule has 0 aliphatic heterocycles. The number of rotatable bonds is 7. The Morgan fingerprint density at radius 2 is 2.04 bits per heavy atom. The first kappa shape index (κ1) is 17.9. The molecule has 2 N–H and O–H groups in total. The smallest absolute Gasteiger partial charge is 0.244 e. The lowest BCUT2D eigenvalue weighted by Gasteiger charge is -2.17. The van der Waals surface area contributed by atoms with Gasteiger partial charge in [0.05, 0.1) is 5.69 Å². The third-order valence-electron chi connectivity index (χ3n) is 3.56. The van der Waals surface area contributed by atoms with E-state index in [0.29, 0.717) is 5.75 Å². The molecule has 0 saturated heterocycles. The maximum Gasteiger partial charge on any atom is 0.244 e. The third-order valence-corrected chi connectivity index (χ3v) is 3.56. The molecule has 0 unspecified atom stereocenters. The molecule has 0 fully saturated rings. The highest BCUT2D eigenvalue weighted by Crippen LogP contribution is 2.12. The third kappa shape index (κ3) is 4.79.